The molecule has 0 saturated carbocycles. The van der Waals surface area contributed by atoms with Gasteiger partial charge in [-0.05, 0) is 60.9 Å². The molecule has 0 atom stereocenters. The Morgan fingerprint density at radius 1 is 0.919 bits per heavy atom. The molecular formula is C28H30ClN3O4S. The van der Waals surface area contributed by atoms with Gasteiger partial charge in [0.1, 0.15) is 0 Å². The number of nitrogens with zero attached hydrogens (tertiary/aromatic N) is 2. The first kappa shape index (κ1) is 26.7. The molecule has 1 saturated heterocycles. The SMILES string of the molecule is CS(=O)(=O)N(Cc1ccc(C(=O)Nc2ccccc2C(=O)N2CCCCCC2)cc1)c1cccc(Cl)c1. The van der Waals surface area contributed by atoms with Gasteiger partial charge >= 0.3 is 0 Å². The highest BCUT2D eigenvalue weighted by molar-refractivity contribution is 7.92. The van der Waals surface area contributed by atoms with Crippen LogP contribution in [0.3, 0.4) is 0 Å². The van der Waals surface area contributed by atoms with E-state index in [2.05, 4.69) is 5.32 Å². The number of amides is 2. The molecule has 1 heterocycles. The lowest BCUT2D eigenvalue weighted by Gasteiger charge is -2.23. The van der Waals surface area contributed by atoms with E-state index in [1.807, 2.05) is 4.90 Å². The van der Waals surface area contributed by atoms with E-state index in [1.54, 1.807) is 72.8 Å². The molecular weight excluding hydrogens is 510 g/mol. The van der Waals surface area contributed by atoms with Gasteiger partial charge in [-0.15, -0.1) is 0 Å². The van der Waals surface area contributed by atoms with E-state index in [0.29, 0.717) is 33.1 Å². The summed E-state index contributed by atoms with van der Waals surface area (Å²) in [5.41, 5.74) is 2.50. The molecule has 1 N–H and O–H groups in total. The molecule has 1 aliphatic rings. The van der Waals surface area contributed by atoms with Crippen molar-refractivity contribution in [1.29, 1.82) is 0 Å². The average Bonchev–Trinajstić information content (AvgIpc) is 3.16. The molecule has 0 radical (unpaired) electrons. The molecule has 0 aromatic heterocycles. The van der Waals surface area contributed by atoms with E-state index in [1.165, 1.54) is 4.31 Å². The van der Waals surface area contributed by atoms with E-state index in [-0.39, 0.29) is 18.4 Å². The molecule has 194 valence electrons. The quantitative estimate of drug-likeness (QED) is 0.425. The Bertz CT molecular complexity index is 1370. The smallest absolute Gasteiger partial charge is 0.255 e. The first-order valence-electron chi connectivity index (χ1n) is 12.2. The zero-order valence-electron chi connectivity index (χ0n) is 20.7. The Hall–Kier alpha value is -3.36. The number of nitrogens with one attached hydrogen (secondary N) is 1. The molecule has 9 heteroatoms. The van der Waals surface area contributed by atoms with Gasteiger partial charge in [0.2, 0.25) is 10.0 Å². The van der Waals surface area contributed by atoms with Crippen LogP contribution in [0.1, 0.15) is 52.0 Å². The van der Waals surface area contributed by atoms with Gasteiger partial charge in [-0.3, -0.25) is 13.9 Å². The molecule has 37 heavy (non-hydrogen) atoms. The van der Waals surface area contributed by atoms with Gasteiger partial charge in [0.25, 0.3) is 11.8 Å². The van der Waals surface area contributed by atoms with Crippen LogP contribution in [0, 0.1) is 0 Å². The van der Waals surface area contributed by atoms with E-state index < -0.39 is 10.0 Å². The summed E-state index contributed by atoms with van der Waals surface area (Å²) in [6.07, 6.45) is 5.36. The molecule has 1 fully saturated rings. The fraction of sp³-hybridized carbons (Fsp3) is 0.286. The lowest BCUT2D eigenvalue weighted by Crippen LogP contribution is -2.32. The number of benzene rings is 3. The van der Waals surface area contributed by atoms with Crippen LogP contribution < -0.4 is 9.62 Å². The van der Waals surface area contributed by atoms with Crippen LogP contribution in [-0.4, -0.2) is 44.5 Å². The third kappa shape index (κ3) is 6.90. The maximum Gasteiger partial charge on any atom is 0.255 e. The average molecular weight is 540 g/mol. The predicted molar refractivity (Wildman–Crippen MR) is 148 cm³/mol. The molecule has 3 aromatic rings. The number of carbonyl (C=O) groups excluding carboxylic acids is 2. The van der Waals surface area contributed by atoms with Crippen LogP contribution in [0.25, 0.3) is 0 Å². The molecule has 0 aliphatic carbocycles. The second kappa shape index (κ2) is 11.8. The number of rotatable bonds is 7. The van der Waals surface area contributed by atoms with E-state index in [0.717, 1.165) is 45.0 Å². The number of likely N-dealkylation sites (tertiary alicyclic amines) is 1. The monoisotopic (exact) mass is 539 g/mol. The largest absolute Gasteiger partial charge is 0.339 e. The number of hydrogen-bond donors (Lipinski definition) is 1. The number of anilines is 2. The van der Waals surface area contributed by atoms with E-state index >= 15 is 0 Å². The van der Waals surface area contributed by atoms with Crippen LogP contribution in [-0.2, 0) is 16.6 Å². The summed E-state index contributed by atoms with van der Waals surface area (Å²) in [5, 5.41) is 3.31. The Kier molecular flexibility index (Phi) is 8.51. The highest BCUT2D eigenvalue weighted by Crippen LogP contribution is 2.25. The number of para-hydroxylation sites is 1. The molecule has 2 amide bonds. The maximum absolute atomic E-state index is 13.2. The highest BCUT2D eigenvalue weighted by Gasteiger charge is 2.21. The van der Waals surface area contributed by atoms with Gasteiger partial charge in [-0.2, -0.15) is 0 Å². The van der Waals surface area contributed by atoms with Gasteiger partial charge in [0, 0.05) is 23.7 Å². The molecule has 0 bridgehead atoms. The summed E-state index contributed by atoms with van der Waals surface area (Å²) in [4.78, 5) is 28.0. The van der Waals surface area contributed by atoms with Crippen molar-refractivity contribution < 1.29 is 18.0 Å². The maximum atomic E-state index is 13.2. The molecule has 0 spiro atoms. The standard InChI is InChI=1S/C28H30ClN3O4S/c1-37(35,36)32(24-10-8-9-23(29)19-24)20-21-13-15-22(16-14-21)27(33)30-26-12-5-4-11-25(26)28(34)31-17-6-2-3-7-18-31/h4-5,8-16,19H,2-3,6-7,17-18,20H2,1H3,(H,30,33). The van der Waals surface area contributed by atoms with Crippen LogP contribution in [0.4, 0.5) is 11.4 Å². The Balaban J connectivity index is 1.48. The van der Waals surface area contributed by atoms with Crippen molar-refractivity contribution in [2.24, 2.45) is 0 Å². The lowest BCUT2D eigenvalue weighted by atomic mass is 10.1. The zero-order valence-corrected chi connectivity index (χ0v) is 22.3. The zero-order chi connectivity index (χ0) is 26.4. The van der Waals surface area contributed by atoms with Crippen molar-refractivity contribution in [2.45, 2.75) is 32.2 Å². The Morgan fingerprint density at radius 3 is 2.24 bits per heavy atom. The molecule has 1 aliphatic heterocycles. The van der Waals surface area contributed by atoms with E-state index in [9.17, 15) is 18.0 Å². The van der Waals surface area contributed by atoms with Crippen molar-refractivity contribution in [3.8, 4) is 0 Å². The number of halogens is 1. The Morgan fingerprint density at radius 2 is 1.59 bits per heavy atom. The minimum Gasteiger partial charge on any atom is -0.339 e. The van der Waals surface area contributed by atoms with Crippen molar-refractivity contribution in [3.63, 3.8) is 0 Å². The highest BCUT2D eigenvalue weighted by atomic mass is 35.5. The second-order valence-corrected chi connectivity index (χ2v) is 11.5. The lowest BCUT2D eigenvalue weighted by molar-refractivity contribution is 0.0762. The van der Waals surface area contributed by atoms with Gasteiger partial charge in [-0.1, -0.05) is 54.8 Å². The van der Waals surface area contributed by atoms with Gasteiger partial charge in [0.05, 0.1) is 29.7 Å². The van der Waals surface area contributed by atoms with Crippen LogP contribution >= 0.6 is 11.6 Å². The molecule has 0 unspecified atom stereocenters. The van der Waals surface area contributed by atoms with Crippen LogP contribution in [0.2, 0.25) is 5.02 Å². The molecule has 4 rings (SSSR count). The molecule has 3 aromatic carbocycles. The van der Waals surface area contributed by atoms with Crippen molar-refractivity contribution in [2.75, 3.05) is 29.0 Å². The number of hydrogen-bond acceptors (Lipinski definition) is 4. The summed E-state index contributed by atoms with van der Waals surface area (Å²) in [6.45, 7) is 1.54. The summed E-state index contributed by atoms with van der Waals surface area (Å²) >= 11 is 6.06. The van der Waals surface area contributed by atoms with E-state index in [4.69, 9.17) is 11.6 Å². The van der Waals surface area contributed by atoms with Gasteiger partial charge < -0.3 is 10.2 Å². The second-order valence-electron chi connectivity index (χ2n) is 9.15. The van der Waals surface area contributed by atoms with Crippen molar-refractivity contribution in [3.05, 3.63) is 94.5 Å². The fourth-order valence-corrected chi connectivity index (χ4v) is 5.44. The fourth-order valence-electron chi connectivity index (χ4n) is 4.38. The minimum atomic E-state index is -3.57. The third-order valence-electron chi connectivity index (χ3n) is 6.34. The summed E-state index contributed by atoms with van der Waals surface area (Å²) in [6, 6.07) is 20.4. The summed E-state index contributed by atoms with van der Waals surface area (Å²) in [5.74, 6) is -0.424. The minimum absolute atomic E-state index is 0.0740. The summed E-state index contributed by atoms with van der Waals surface area (Å²) in [7, 11) is -3.57. The first-order chi connectivity index (χ1) is 17.7. The number of carbonyl (C=O) groups is 2. The third-order valence-corrected chi connectivity index (χ3v) is 7.71. The first-order valence-corrected chi connectivity index (χ1v) is 14.5. The van der Waals surface area contributed by atoms with Crippen LogP contribution in [0.15, 0.2) is 72.8 Å². The Labute approximate surface area is 223 Å². The number of sulfonamides is 1. The van der Waals surface area contributed by atoms with Crippen molar-refractivity contribution >= 4 is 44.8 Å². The van der Waals surface area contributed by atoms with Gasteiger partial charge in [-0.25, -0.2) is 8.42 Å². The summed E-state index contributed by atoms with van der Waals surface area (Å²) < 4.78 is 26.1. The molecule has 7 nitrogen and oxygen atoms in total. The predicted octanol–water partition coefficient (Wildman–Crippen LogP) is 5.57. The van der Waals surface area contributed by atoms with Crippen LogP contribution in [0.5, 0.6) is 0 Å². The van der Waals surface area contributed by atoms with Crippen molar-refractivity contribution in [1.82, 2.24) is 4.90 Å². The topological polar surface area (TPSA) is 86.8 Å². The van der Waals surface area contributed by atoms with Gasteiger partial charge in [0.15, 0.2) is 0 Å². The normalized spacial score (nSPS) is 14.1.